The molecule has 0 amide bonds. The molecule has 146 valence electrons. The molecule has 2 N–H and O–H groups in total. The number of fused-ring (bicyclic) bond motifs is 2. The minimum absolute atomic E-state index is 0.218. The number of aromatic amines is 2. The normalized spacial score (nSPS) is 11.7. The Morgan fingerprint density at radius 3 is 1.46 bits per heavy atom. The summed E-state index contributed by atoms with van der Waals surface area (Å²) >= 11 is 6.61. The number of hydrogen-bond donors (Lipinski definition) is 2. The van der Waals surface area contributed by atoms with Crippen molar-refractivity contribution in [3.8, 4) is 0 Å². The maximum absolute atomic E-state index is 12.3. The average molecular weight is 516 g/mol. The zero-order valence-corrected chi connectivity index (χ0v) is 17.7. The van der Waals surface area contributed by atoms with Gasteiger partial charge in [-0.2, -0.15) is 0 Å². The molecule has 4 rings (SSSR count). The summed E-state index contributed by atoms with van der Waals surface area (Å²) in [6.45, 7) is 0.482. The monoisotopic (exact) mass is 514 g/mol. The highest BCUT2D eigenvalue weighted by Gasteiger charge is 2.19. The molecule has 0 fully saturated rings. The van der Waals surface area contributed by atoms with Crippen molar-refractivity contribution in [2.24, 2.45) is 14.1 Å². The van der Waals surface area contributed by atoms with E-state index < -0.39 is 22.5 Å². The van der Waals surface area contributed by atoms with Crippen molar-refractivity contribution in [2.45, 2.75) is 13.1 Å². The van der Waals surface area contributed by atoms with Gasteiger partial charge in [0.2, 0.25) is 0 Å². The molecule has 0 aliphatic heterocycles. The summed E-state index contributed by atoms with van der Waals surface area (Å²) in [6, 6.07) is 0. The molecule has 0 aliphatic carbocycles. The fraction of sp³-hybridized carbons (Fsp3) is 0.286. The number of imidazole rings is 2. The van der Waals surface area contributed by atoms with Gasteiger partial charge in [0.1, 0.15) is 0 Å². The molecular weight excluding hydrogens is 504 g/mol. The van der Waals surface area contributed by atoms with Crippen LogP contribution < -0.4 is 22.5 Å². The zero-order valence-electron chi connectivity index (χ0n) is 14.5. The van der Waals surface area contributed by atoms with E-state index in [1.807, 2.05) is 0 Å². The number of H-pyrrole nitrogens is 2. The predicted octanol–water partition coefficient (Wildman–Crippen LogP) is -0.615. The van der Waals surface area contributed by atoms with E-state index in [-0.39, 0.29) is 35.4 Å². The molecule has 4 aromatic rings. The van der Waals surface area contributed by atoms with Gasteiger partial charge < -0.3 is 9.13 Å². The standard InChI is InChI=1S/C14H12Br2N8O4/c1-21-7-5(9(25)19-13(21)27)23(11(15)17-7)3-4-24-6-8(18-12(24)16)22(2)14(28)20-10(6)26/h3-4H2,1-2H3,(H,19,25,27)(H,20,26,28). The summed E-state index contributed by atoms with van der Waals surface area (Å²) in [6.07, 6.45) is 0. The number of nitrogens with one attached hydrogen (secondary N) is 2. The van der Waals surface area contributed by atoms with Crippen molar-refractivity contribution in [2.75, 3.05) is 0 Å². The molecule has 0 aromatic carbocycles. The molecule has 0 aliphatic rings. The number of aryl methyl sites for hydroxylation is 4. The zero-order chi connectivity index (χ0) is 20.3. The first-order valence-corrected chi connectivity index (χ1v) is 9.49. The Hall–Kier alpha value is -2.74. The van der Waals surface area contributed by atoms with Crippen molar-refractivity contribution < 1.29 is 0 Å². The lowest BCUT2D eigenvalue weighted by atomic mass is 10.4. The average Bonchev–Trinajstić information content (AvgIpc) is 3.14. The summed E-state index contributed by atoms with van der Waals surface area (Å²) in [5.74, 6) is 0. The number of rotatable bonds is 3. The van der Waals surface area contributed by atoms with E-state index in [1.54, 1.807) is 9.13 Å². The Morgan fingerprint density at radius 1 is 0.750 bits per heavy atom. The van der Waals surface area contributed by atoms with E-state index >= 15 is 0 Å². The van der Waals surface area contributed by atoms with Gasteiger partial charge in [-0.3, -0.25) is 28.7 Å². The first-order chi connectivity index (χ1) is 13.2. The quantitative estimate of drug-likeness (QED) is 0.348. The Morgan fingerprint density at radius 2 is 1.11 bits per heavy atom. The van der Waals surface area contributed by atoms with Crippen LogP contribution in [0.5, 0.6) is 0 Å². The molecule has 0 spiro atoms. The van der Waals surface area contributed by atoms with E-state index in [1.165, 1.54) is 23.2 Å². The van der Waals surface area contributed by atoms with Gasteiger partial charge in [0, 0.05) is 27.2 Å². The molecule has 12 nitrogen and oxygen atoms in total. The van der Waals surface area contributed by atoms with Crippen LogP contribution in [-0.4, -0.2) is 38.2 Å². The van der Waals surface area contributed by atoms with E-state index in [0.29, 0.717) is 9.47 Å². The van der Waals surface area contributed by atoms with Crippen molar-refractivity contribution in [3.63, 3.8) is 0 Å². The number of hydrogen-bond acceptors (Lipinski definition) is 6. The van der Waals surface area contributed by atoms with E-state index in [2.05, 4.69) is 51.8 Å². The minimum atomic E-state index is -0.564. The molecule has 28 heavy (non-hydrogen) atoms. The van der Waals surface area contributed by atoms with Crippen LogP contribution in [0.15, 0.2) is 28.6 Å². The van der Waals surface area contributed by atoms with Crippen molar-refractivity contribution >= 4 is 54.2 Å². The molecule has 0 radical (unpaired) electrons. The number of nitrogens with zero attached hydrogens (tertiary/aromatic N) is 6. The largest absolute Gasteiger partial charge is 0.329 e. The lowest BCUT2D eigenvalue weighted by Gasteiger charge is -2.08. The highest BCUT2D eigenvalue weighted by Crippen LogP contribution is 2.19. The second kappa shape index (κ2) is 6.41. The van der Waals surface area contributed by atoms with Gasteiger partial charge in [-0.25, -0.2) is 19.6 Å². The molecule has 0 unspecified atom stereocenters. The summed E-state index contributed by atoms with van der Waals surface area (Å²) < 4.78 is 6.36. The maximum Gasteiger partial charge on any atom is 0.329 e. The highest BCUT2D eigenvalue weighted by molar-refractivity contribution is 9.10. The molecule has 4 heterocycles. The fourth-order valence-electron chi connectivity index (χ4n) is 3.02. The van der Waals surface area contributed by atoms with Crippen LogP contribution in [0.3, 0.4) is 0 Å². The fourth-order valence-corrected chi connectivity index (χ4v) is 4.07. The first kappa shape index (κ1) is 18.6. The number of halogens is 2. The van der Waals surface area contributed by atoms with Gasteiger partial charge in [-0.15, -0.1) is 0 Å². The van der Waals surface area contributed by atoms with Gasteiger partial charge in [0.25, 0.3) is 11.1 Å². The van der Waals surface area contributed by atoms with Gasteiger partial charge >= 0.3 is 11.4 Å². The van der Waals surface area contributed by atoms with Crippen LogP contribution >= 0.6 is 31.9 Å². The third-order valence-electron chi connectivity index (χ3n) is 4.47. The van der Waals surface area contributed by atoms with Crippen LogP contribution in [0.25, 0.3) is 22.3 Å². The van der Waals surface area contributed by atoms with Crippen LogP contribution in [0.1, 0.15) is 0 Å². The van der Waals surface area contributed by atoms with Gasteiger partial charge in [0.05, 0.1) is 0 Å². The second-order valence-electron chi connectivity index (χ2n) is 6.05. The molecular formula is C14H12Br2N8O4. The smallest absolute Gasteiger partial charge is 0.311 e. The Bertz CT molecular complexity index is 1380. The lowest BCUT2D eigenvalue weighted by molar-refractivity contribution is 0.581. The van der Waals surface area contributed by atoms with Crippen LogP contribution in [0, 0.1) is 0 Å². The summed E-state index contributed by atoms with van der Waals surface area (Å²) in [5, 5.41) is 0. The van der Waals surface area contributed by atoms with Gasteiger partial charge in [-0.05, 0) is 31.9 Å². The van der Waals surface area contributed by atoms with Crippen molar-refractivity contribution in [1.82, 2.24) is 38.2 Å². The first-order valence-electron chi connectivity index (χ1n) is 7.90. The Labute approximate surface area is 170 Å². The molecule has 0 saturated heterocycles. The molecule has 4 aromatic heterocycles. The molecule has 0 atom stereocenters. The lowest BCUT2D eigenvalue weighted by Crippen LogP contribution is -2.30. The van der Waals surface area contributed by atoms with E-state index in [4.69, 9.17) is 0 Å². The SMILES string of the molecule is Cn1c(=O)[nH]c(=O)c2c1nc(Br)n2CCn1c(Br)nc2c1c(=O)[nH]c(=O)n2C. The van der Waals surface area contributed by atoms with Gasteiger partial charge in [0.15, 0.2) is 31.8 Å². The van der Waals surface area contributed by atoms with Gasteiger partial charge in [-0.1, -0.05) is 0 Å². The summed E-state index contributed by atoms with van der Waals surface area (Å²) in [7, 11) is 3.01. The summed E-state index contributed by atoms with van der Waals surface area (Å²) in [4.78, 5) is 61.1. The Kier molecular flexibility index (Phi) is 4.26. The molecule has 0 bridgehead atoms. The topological polar surface area (TPSA) is 145 Å². The summed E-state index contributed by atoms with van der Waals surface area (Å²) in [5.41, 5.74) is -1.36. The van der Waals surface area contributed by atoms with E-state index in [0.717, 1.165) is 0 Å². The van der Waals surface area contributed by atoms with Crippen LogP contribution in [-0.2, 0) is 27.2 Å². The highest BCUT2D eigenvalue weighted by atomic mass is 79.9. The molecule has 14 heteroatoms. The third-order valence-corrected chi connectivity index (χ3v) is 5.68. The maximum atomic E-state index is 12.3. The number of aromatic nitrogens is 8. The minimum Gasteiger partial charge on any atom is -0.311 e. The Balaban J connectivity index is 1.86. The van der Waals surface area contributed by atoms with Crippen molar-refractivity contribution in [3.05, 3.63) is 51.1 Å². The predicted molar refractivity (Wildman–Crippen MR) is 107 cm³/mol. The third kappa shape index (κ3) is 2.63. The second-order valence-corrected chi connectivity index (χ2v) is 7.46. The van der Waals surface area contributed by atoms with Crippen molar-refractivity contribution in [1.29, 1.82) is 0 Å². The van der Waals surface area contributed by atoms with Crippen LogP contribution in [0.2, 0.25) is 0 Å². The molecule has 0 saturated carbocycles. The van der Waals surface area contributed by atoms with E-state index in [9.17, 15) is 19.2 Å². The van der Waals surface area contributed by atoms with Crippen LogP contribution in [0.4, 0.5) is 0 Å².